The van der Waals surface area contributed by atoms with Gasteiger partial charge in [0.15, 0.2) is 0 Å². The number of ether oxygens (including phenoxy) is 1. The molecule has 1 aromatic carbocycles. The van der Waals surface area contributed by atoms with Crippen LogP contribution in [0.1, 0.15) is 0 Å². The molecular weight excluding hydrogens is 425 g/mol. The van der Waals surface area contributed by atoms with E-state index in [0.717, 1.165) is 24.3 Å². The highest BCUT2D eigenvalue weighted by Crippen LogP contribution is 2.42. The molecule has 2 nitrogen and oxygen atoms in total. The first-order chi connectivity index (χ1) is 7.56. The zero-order valence-corrected chi connectivity index (χ0v) is 13.5. The number of nitrogens with zero attached hydrogens (tertiary/aromatic N) is 1. The zero-order chi connectivity index (χ0) is 11.9. The van der Waals surface area contributed by atoms with Crippen LogP contribution in [0.2, 0.25) is 5.02 Å². The molecule has 0 saturated carbocycles. The van der Waals surface area contributed by atoms with Crippen molar-refractivity contribution >= 4 is 70.3 Å². The second-order valence-electron chi connectivity index (χ2n) is 3.02. The van der Waals surface area contributed by atoms with Gasteiger partial charge in [-0.1, -0.05) is 11.6 Å². The predicted molar refractivity (Wildman–Crippen MR) is 76.4 cm³/mol. The van der Waals surface area contributed by atoms with Crippen LogP contribution in [-0.2, 0) is 0 Å². The highest BCUT2D eigenvalue weighted by atomic mass is 79.9. The minimum Gasteiger partial charge on any atom is -0.495 e. The average Bonchev–Trinajstić information content (AvgIpc) is 2.24. The summed E-state index contributed by atoms with van der Waals surface area (Å²) in [5.41, 5.74) is 0.772. The van der Waals surface area contributed by atoms with Gasteiger partial charge in [0.2, 0.25) is 0 Å². The number of benzene rings is 1. The van der Waals surface area contributed by atoms with Gasteiger partial charge < -0.3 is 4.74 Å². The van der Waals surface area contributed by atoms with Gasteiger partial charge in [-0.25, -0.2) is 0 Å². The molecule has 16 heavy (non-hydrogen) atoms. The summed E-state index contributed by atoms with van der Waals surface area (Å²) < 4.78 is 7.77. The van der Waals surface area contributed by atoms with E-state index >= 15 is 0 Å². The number of methoxy groups -OCH3 is 1. The van der Waals surface area contributed by atoms with Crippen molar-refractivity contribution in [1.29, 1.82) is 0 Å². The third-order valence-corrected chi connectivity index (χ3v) is 4.52. The van der Waals surface area contributed by atoms with Gasteiger partial charge in [-0.05, 0) is 53.9 Å². The molecule has 0 bridgehead atoms. The summed E-state index contributed by atoms with van der Waals surface area (Å²) in [6.45, 7) is 0. The van der Waals surface area contributed by atoms with Gasteiger partial charge in [-0.2, -0.15) is 0 Å². The van der Waals surface area contributed by atoms with Crippen LogP contribution in [0.4, 0.5) is 0 Å². The number of pyridine rings is 1. The van der Waals surface area contributed by atoms with Crippen LogP contribution in [0.5, 0.6) is 5.75 Å². The Labute approximate surface area is 123 Å². The summed E-state index contributed by atoms with van der Waals surface area (Å²) in [5.74, 6) is 0.678. The molecule has 2 aromatic rings. The van der Waals surface area contributed by atoms with E-state index in [1.54, 1.807) is 13.3 Å². The van der Waals surface area contributed by atoms with Gasteiger partial charge in [-0.3, -0.25) is 4.98 Å². The first-order valence-electron chi connectivity index (χ1n) is 4.22. The van der Waals surface area contributed by atoms with E-state index in [1.807, 2.05) is 6.07 Å². The molecule has 0 aliphatic carbocycles. The summed E-state index contributed by atoms with van der Waals surface area (Å²) in [4.78, 5) is 4.31. The van der Waals surface area contributed by atoms with E-state index in [-0.39, 0.29) is 0 Å². The number of hydrogen-bond donors (Lipinski definition) is 0. The topological polar surface area (TPSA) is 22.1 Å². The molecular formula is C10H5Br3ClNO. The Bertz CT molecular complexity index is 574. The molecule has 84 valence electrons. The lowest BCUT2D eigenvalue weighted by Gasteiger charge is -2.11. The number of fused-ring (bicyclic) bond motifs is 1. The van der Waals surface area contributed by atoms with Crippen molar-refractivity contribution in [3.63, 3.8) is 0 Å². The van der Waals surface area contributed by atoms with Crippen LogP contribution in [0.25, 0.3) is 10.9 Å². The van der Waals surface area contributed by atoms with Crippen LogP contribution in [0, 0.1) is 0 Å². The molecule has 0 aliphatic rings. The van der Waals surface area contributed by atoms with Crippen LogP contribution in [0.15, 0.2) is 25.7 Å². The molecule has 2 rings (SSSR count). The van der Waals surface area contributed by atoms with Crippen molar-refractivity contribution in [3.8, 4) is 5.75 Å². The average molecular weight is 430 g/mol. The largest absolute Gasteiger partial charge is 0.495 e. The first kappa shape index (κ1) is 12.6. The normalized spacial score (nSPS) is 10.8. The van der Waals surface area contributed by atoms with Crippen molar-refractivity contribution in [2.45, 2.75) is 0 Å². The molecule has 0 unspecified atom stereocenters. The van der Waals surface area contributed by atoms with Crippen molar-refractivity contribution in [3.05, 3.63) is 30.7 Å². The summed E-state index contributed by atoms with van der Waals surface area (Å²) in [5, 5.41) is 1.36. The Morgan fingerprint density at radius 1 is 1.19 bits per heavy atom. The quantitative estimate of drug-likeness (QED) is 0.622. The highest BCUT2D eigenvalue weighted by Gasteiger charge is 2.15. The smallest absolute Gasteiger partial charge is 0.144 e. The zero-order valence-electron chi connectivity index (χ0n) is 8.02. The van der Waals surface area contributed by atoms with Crippen molar-refractivity contribution < 1.29 is 4.74 Å². The molecule has 0 atom stereocenters. The molecule has 0 amide bonds. The van der Waals surface area contributed by atoms with Gasteiger partial charge in [0.25, 0.3) is 0 Å². The molecule has 0 saturated heterocycles. The molecule has 1 aromatic heterocycles. The second-order valence-corrected chi connectivity index (χ2v) is 5.96. The van der Waals surface area contributed by atoms with E-state index in [4.69, 9.17) is 16.3 Å². The maximum absolute atomic E-state index is 6.25. The summed E-state index contributed by atoms with van der Waals surface area (Å²) in [7, 11) is 1.60. The van der Waals surface area contributed by atoms with Crippen molar-refractivity contribution in [2.24, 2.45) is 0 Å². The Morgan fingerprint density at radius 2 is 1.88 bits per heavy atom. The Hall–Kier alpha value is 0.160. The third-order valence-electron chi connectivity index (χ3n) is 2.10. The fraction of sp³-hybridized carbons (Fsp3) is 0.100. The van der Waals surface area contributed by atoms with Gasteiger partial charge in [0, 0.05) is 10.7 Å². The van der Waals surface area contributed by atoms with Gasteiger partial charge in [0.05, 0.1) is 32.0 Å². The molecule has 1 heterocycles. The molecule has 0 spiro atoms. The second kappa shape index (κ2) is 4.80. The van der Waals surface area contributed by atoms with E-state index in [2.05, 4.69) is 52.8 Å². The van der Waals surface area contributed by atoms with E-state index in [0.29, 0.717) is 10.8 Å². The summed E-state index contributed by atoms with van der Waals surface area (Å²) >= 11 is 16.5. The lowest BCUT2D eigenvalue weighted by Crippen LogP contribution is -1.91. The van der Waals surface area contributed by atoms with E-state index < -0.39 is 0 Å². The standard InChI is InChI=1S/C10H5Br3ClNO/c1-16-10-5(12)2-4(11)9-7(10)8(14)6(13)3-15-9/h2-3H,1H3. The molecule has 6 heteroatoms. The first-order valence-corrected chi connectivity index (χ1v) is 6.97. The fourth-order valence-corrected chi connectivity index (χ4v) is 3.37. The van der Waals surface area contributed by atoms with Crippen LogP contribution >= 0.6 is 59.4 Å². The van der Waals surface area contributed by atoms with Gasteiger partial charge in [-0.15, -0.1) is 0 Å². The third kappa shape index (κ3) is 1.98. The Balaban J connectivity index is 3.01. The minimum absolute atomic E-state index is 0.587. The maximum atomic E-state index is 6.25. The fourth-order valence-electron chi connectivity index (χ4n) is 1.42. The highest BCUT2D eigenvalue weighted by molar-refractivity contribution is 9.11. The van der Waals surface area contributed by atoms with Gasteiger partial charge >= 0.3 is 0 Å². The van der Waals surface area contributed by atoms with E-state index in [9.17, 15) is 0 Å². The van der Waals surface area contributed by atoms with Gasteiger partial charge in [0.1, 0.15) is 5.75 Å². The Morgan fingerprint density at radius 3 is 2.50 bits per heavy atom. The van der Waals surface area contributed by atoms with Crippen molar-refractivity contribution in [2.75, 3.05) is 7.11 Å². The van der Waals surface area contributed by atoms with E-state index in [1.165, 1.54) is 0 Å². The van der Waals surface area contributed by atoms with Crippen LogP contribution < -0.4 is 4.74 Å². The maximum Gasteiger partial charge on any atom is 0.144 e. The van der Waals surface area contributed by atoms with Crippen LogP contribution in [-0.4, -0.2) is 12.1 Å². The molecule has 0 aliphatic heterocycles. The lowest BCUT2D eigenvalue weighted by molar-refractivity contribution is 0.417. The van der Waals surface area contributed by atoms with Crippen LogP contribution in [0.3, 0.4) is 0 Å². The molecule has 0 fully saturated rings. The van der Waals surface area contributed by atoms with Crippen molar-refractivity contribution in [1.82, 2.24) is 4.98 Å². The monoisotopic (exact) mass is 427 g/mol. The number of halogens is 4. The predicted octanol–water partition coefficient (Wildman–Crippen LogP) is 5.18. The molecule has 0 radical (unpaired) electrons. The Kier molecular flexibility index (Phi) is 3.79. The number of rotatable bonds is 1. The molecule has 0 N–H and O–H groups in total. The minimum atomic E-state index is 0.587. The number of hydrogen-bond acceptors (Lipinski definition) is 2. The summed E-state index contributed by atoms with van der Waals surface area (Å²) in [6, 6.07) is 1.89. The number of aromatic nitrogens is 1. The SMILES string of the molecule is COc1c(Br)cc(Br)c2ncc(Br)c(Cl)c12. The lowest BCUT2D eigenvalue weighted by atomic mass is 10.2. The summed E-state index contributed by atoms with van der Waals surface area (Å²) in [6.07, 6.45) is 1.67.